The number of nitrogens with zero attached hydrogens (tertiary/aromatic N) is 2. The van der Waals surface area contributed by atoms with Gasteiger partial charge < -0.3 is 14.4 Å². The Hall–Kier alpha value is -3.15. The summed E-state index contributed by atoms with van der Waals surface area (Å²) in [4.78, 5) is 29.1. The Labute approximate surface area is 182 Å². The second-order valence-electron chi connectivity index (χ2n) is 8.79. The van der Waals surface area contributed by atoms with Crippen LogP contribution in [0.25, 0.3) is 11.8 Å². The van der Waals surface area contributed by atoms with Crippen LogP contribution in [0.4, 0.5) is 0 Å². The topological polar surface area (TPSA) is 81.4 Å². The van der Waals surface area contributed by atoms with Crippen molar-refractivity contribution in [3.63, 3.8) is 0 Å². The number of esters is 1. The summed E-state index contributed by atoms with van der Waals surface area (Å²) in [7, 11) is 1.36. The number of ether oxygens (including phenoxy) is 1. The van der Waals surface area contributed by atoms with E-state index in [2.05, 4.69) is 16.2 Å². The number of rotatable bonds is 3. The van der Waals surface area contributed by atoms with Gasteiger partial charge in [-0.3, -0.25) is 4.79 Å². The van der Waals surface area contributed by atoms with Crippen molar-refractivity contribution in [2.45, 2.75) is 45.4 Å². The predicted molar refractivity (Wildman–Crippen MR) is 118 cm³/mol. The van der Waals surface area contributed by atoms with Crippen LogP contribution in [0, 0.1) is 18.8 Å². The van der Waals surface area contributed by atoms with E-state index in [0.29, 0.717) is 12.0 Å². The first-order valence-electron chi connectivity index (χ1n) is 10.6. The summed E-state index contributed by atoms with van der Waals surface area (Å²) in [6, 6.07) is 7.95. The lowest BCUT2D eigenvalue weighted by Crippen LogP contribution is -2.48. The van der Waals surface area contributed by atoms with Crippen molar-refractivity contribution in [3.05, 3.63) is 65.0 Å². The van der Waals surface area contributed by atoms with Crippen LogP contribution in [0.1, 0.15) is 49.5 Å². The van der Waals surface area contributed by atoms with E-state index in [0.717, 1.165) is 47.6 Å². The number of hydrogen-bond donors (Lipinski definition) is 1. The second kappa shape index (κ2) is 7.84. The summed E-state index contributed by atoms with van der Waals surface area (Å²) in [5, 5.41) is 9.66. The zero-order valence-corrected chi connectivity index (χ0v) is 18.4. The normalized spacial score (nSPS) is 26.7. The quantitative estimate of drug-likeness (QED) is 0.456. The fourth-order valence-electron chi connectivity index (χ4n) is 5.48. The van der Waals surface area contributed by atoms with Crippen molar-refractivity contribution in [3.8, 4) is 5.69 Å². The van der Waals surface area contributed by atoms with E-state index in [9.17, 15) is 14.7 Å². The van der Waals surface area contributed by atoms with Gasteiger partial charge in [0.2, 0.25) is 0 Å². The highest BCUT2D eigenvalue weighted by Gasteiger charge is 2.52. The summed E-state index contributed by atoms with van der Waals surface area (Å²) in [6.45, 7) is 6.14. The zero-order chi connectivity index (χ0) is 22.3. The molecule has 0 aliphatic heterocycles. The lowest BCUT2D eigenvalue weighted by molar-refractivity contribution is -0.134. The van der Waals surface area contributed by atoms with E-state index in [-0.39, 0.29) is 23.0 Å². The first kappa shape index (κ1) is 21.1. The number of aliphatic hydroxyl groups is 1. The number of benzene rings is 1. The number of carbonyl (C=O) groups excluding carboxylic acids is 2. The fourth-order valence-corrected chi connectivity index (χ4v) is 5.48. The van der Waals surface area contributed by atoms with E-state index in [4.69, 9.17) is 4.98 Å². The molecule has 0 radical (unpaired) electrons. The maximum absolute atomic E-state index is 12.6. The van der Waals surface area contributed by atoms with Crippen LogP contribution in [-0.4, -0.2) is 33.5 Å². The Morgan fingerprint density at radius 1 is 1.39 bits per heavy atom. The van der Waals surface area contributed by atoms with Crippen molar-refractivity contribution >= 4 is 17.8 Å². The largest absolute Gasteiger partial charge is 0.515 e. The van der Waals surface area contributed by atoms with Gasteiger partial charge in [-0.2, -0.15) is 0 Å². The van der Waals surface area contributed by atoms with Gasteiger partial charge in [0, 0.05) is 34.4 Å². The van der Waals surface area contributed by atoms with E-state index in [1.54, 1.807) is 6.08 Å². The molecule has 2 aliphatic carbocycles. The highest BCUT2D eigenvalue weighted by atomic mass is 16.5. The number of Topliss-reactive ketones (excluding diaryl/α,β-unsaturated/α-hetero) is 1. The van der Waals surface area contributed by atoms with Gasteiger partial charge in [0.05, 0.1) is 19.1 Å². The predicted octanol–water partition coefficient (Wildman–Crippen LogP) is 4.24. The van der Waals surface area contributed by atoms with Crippen molar-refractivity contribution in [2.24, 2.45) is 11.8 Å². The molecule has 4 rings (SSSR count). The lowest BCUT2D eigenvalue weighted by Gasteiger charge is -2.47. The average molecular weight is 421 g/mol. The van der Waals surface area contributed by atoms with E-state index >= 15 is 0 Å². The van der Waals surface area contributed by atoms with Crippen LogP contribution in [0.2, 0.25) is 0 Å². The van der Waals surface area contributed by atoms with Gasteiger partial charge in [-0.15, -0.1) is 0 Å². The van der Waals surface area contributed by atoms with Gasteiger partial charge in [0.15, 0.2) is 5.78 Å². The molecule has 2 aliphatic rings. The molecule has 1 aromatic heterocycles. The highest BCUT2D eigenvalue weighted by Crippen LogP contribution is 2.52. The molecule has 1 heterocycles. The SMILES string of the molecule is COC(=O)/C=C/c1cccc(-n2c(C)nc3c2CC[C@H]2[C@H](C)C(=O)/C(=C\O)C[C@]32C)c1. The van der Waals surface area contributed by atoms with Crippen molar-refractivity contribution in [1.82, 2.24) is 9.55 Å². The Kier molecular flexibility index (Phi) is 5.33. The molecule has 3 atom stereocenters. The lowest BCUT2D eigenvalue weighted by atomic mass is 9.56. The molecule has 2 aromatic rings. The maximum atomic E-state index is 12.6. The van der Waals surface area contributed by atoms with Crippen LogP contribution < -0.4 is 0 Å². The van der Waals surface area contributed by atoms with Gasteiger partial charge in [0.25, 0.3) is 0 Å². The first-order chi connectivity index (χ1) is 14.8. The number of aliphatic hydroxyl groups excluding tert-OH is 1. The Bertz CT molecular complexity index is 1110. The van der Waals surface area contributed by atoms with E-state index in [1.807, 2.05) is 38.1 Å². The minimum absolute atomic E-state index is 0.0506. The summed E-state index contributed by atoms with van der Waals surface area (Å²) in [5.74, 6) is 0.611. The molecule has 1 aromatic carbocycles. The molecule has 1 N–H and O–H groups in total. The number of methoxy groups -OCH3 is 1. The summed E-state index contributed by atoms with van der Waals surface area (Å²) in [6.07, 6.45) is 6.37. The van der Waals surface area contributed by atoms with Crippen molar-refractivity contribution in [1.29, 1.82) is 0 Å². The minimum Gasteiger partial charge on any atom is -0.515 e. The Morgan fingerprint density at radius 2 is 2.16 bits per heavy atom. The molecule has 0 spiro atoms. The molecule has 1 saturated carbocycles. The van der Waals surface area contributed by atoms with Crippen molar-refractivity contribution < 1.29 is 19.4 Å². The van der Waals surface area contributed by atoms with Gasteiger partial charge in [-0.25, -0.2) is 9.78 Å². The van der Waals surface area contributed by atoms with Crippen LogP contribution in [0.5, 0.6) is 0 Å². The molecule has 1 fully saturated rings. The van der Waals surface area contributed by atoms with E-state index < -0.39 is 5.97 Å². The fraction of sp³-hybridized carbons (Fsp3) is 0.400. The molecule has 0 saturated heterocycles. The number of aryl methyl sites for hydroxylation is 1. The molecule has 6 heteroatoms. The summed E-state index contributed by atoms with van der Waals surface area (Å²) < 4.78 is 6.85. The Morgan fingerprint density at radius 3 is 2.87 bits per heavy atom. The third-order valence-corrected chi connectivity index (χ3v) is 6.98. The zero-order valence-electron chi connectivity index (χ0n) is 18.4. The average Bonchev–Trinajstić information content (AvgIpc) is 3.12. The van der Waals surface area contributed by atoms with Gasteiger partial charge >= 0.3 is 5.97 Å². The number of carbonyl (C=O) groups is 2. The smallest absolute Gasteiger partial charge is 0.330 e. The molecule has 6 nitrogen and oxygen atoms in total. The second-order valence-corrected chi connectivity index (χ2v) is 8.79. The number of hydrogen-bond acceptors (Lipinski definition) is 5. The molecular formula is C25H28N2O4. The molecule has 0 unspecified atom stereocenters. The van der Waals surface area contributed by atoms with Gasteiger partial charge in [-0.05, 0) is 55.9 Å². The summed E-state index contributed by atoms with van der Waals surface area (Å²) >= 11 is 0. The third-order valence-electron chi connectivity index (χ3n) is 6.98. The van der Waals surface area contributed by atoms with Crippen LogP contribution in [0.15, 0.2) is 42.2 Å². The highest BCUT2D eigenvalue weighted by molar-refractivity contribution is 5.98. The first-order valence-corrected chi connectivity index (χ1v) is 10.6. The number of allylic oxidation sites excluding steroid dienone is 1. The molecule has 31 heavy (non-hydrogen) atoms. The molecule has 0 bridgehead atoms. The number of imidazole rings is 1. The third kappa shape index (κ3) is 3.40. The standard InChI is InChI=1S/C25H28N2O4/c1-15-20-9-10-21-24(25(20,3)13-18(14-28)23(15)30)26-16(2)27(21)19-7-5-6-17(12-19)8-11-22(29)31-4/h5-8,11-12,14-15,20,28H,9-10,13H2,1-4H3/b11-8+,18-14-/t15-,20-,25-/m0/s1. The summed E-state index contributed by atoms with van der Waals surface area (Å²) in [5.41, 5.74) is 4.25. The minimum atomic E-state index is -0.394. The van der Waals surface area contributed by atoms with E-state index in [1.165, 1.54) is 13.2 Å². The number of ketones is 1. The molecular weight excluding hydrogens is 392 g/mol. The van der Waals surface area contributed by atoms with Gasteiger partial charge in [0.1, 0.15) is 5.82 Å². The van der Waals surface area contributed by atoms with Crippen LogP contribution in [-0.2, 0) is 26.2 Å². The maximum Gasteiger partial charge on any atom is 0.330 e. The number of aromatic nitrogens is 2. The van der Waals surface area contributed by atoms with Gasteiger partial charge in [-0.1, -0.05) is 26.0 Å². The van der Waals surface area contributed by atoms with Crippen LogP contribution in [0.3, 0.4) is 0 Å². The number of fused-ring (bicyclic) bond motifs is 3. The van der Waals surface area contributed by atoms with Crippen LogP contribution >= 0.6 is 0 Å². The Balaban J connectivity index is 1.78. The molecule has 0 amide bonds. The molecule has 162 valence electrons. The van der Waals surface area contributed by atoms with Crippen molar-refractivity contribution in [2.75, 3.05) is 7.11 Å². The monoisotopic (exact) mass is 420 g/mol.